The van der Waals surface area contributed by atoms with Gasteiger partial charge in [-0.15, -0.1) is 0 Å². The molecule has 1 aromatic heterocycles. The summed E-state index contributed by atoms with van der Waals surface area (Å²) in [4.78, 5) is 18.0. The number of nitro groups is 1. The maximum absolute atomic E-state index is 11.0. The highest BCUT2D eigenvalue weighted by Gasteiger charge is 2.20. The van der Waals surface area contributed by atoms with Crippen LogP contribution < -0.4 is 10.5 Å². The maximum Gasteiger partial charge on any atom is 0.325 e. The van der Waals surface area contributed by atoms with E-state index in [2.05, 4.69) is 25.9 Å². The second-order valence-electron chi connectivity index (χ2n) is 3.49. The van der Waals surface area contributed by atoms with Crippen LogP contribution in [-0.2, 0) is 0 Å². The summed E-state index contributed by atoms with van der Waals surface area (Å²) in [5, 5.41) is 11.1. The molecule has 0 amide bonds. The molecule has 2 rings (SSSR count). The minimum Gasteiger partial charge on any atom is -0.417 e. The van der Waals surface area contributed by atoms with Gasteiger partial charge in [0.05, 0.1) is 15.0 Å². The molecule has 2 aromatic rings. The molecule has 0 fully saturated rings. The Morgan fingerprint density at radius 2 is 1.90 bits per heavy atom. The molecule has 7 nitrogen and oxygen atoms in total. The summed E-state index contributed by atoms with van der Waals surface area (Å²) in [5.74, 6) is 0.00601. The van der Waals surface area contributed by atoms with Crippen LogP contribution in [0.25, 0.3) is 0 Å². The summed E-state index contributed by atoms with van der Waals surface area (Å²) in [7, 11) is 0. The third kappa shape index (κ3) is 3.27. The molecule has 10 heteroatoms. The van der Waals surface area contributed by atoms with Gasteiger partial charge in [0, 0.05) is 18.2 Å². The van der Waals surface area contributed by atoms with Gasteiger partial charge in [0.25, 0.3) is 0 Å². The monoisotopic (exact) mass is 378 g/mol. The molecule has 0 saturated carbocycles. The lowest BCUT2D eigenvalue weighted by molar-refractivity contribution is -0.385. The van der Waals surface area contributed by atoms with Crippen LogP contribution in [0.1, 0.15) is 0 Å². The van der Waals surface area contributed by atoms with Crippen molar-refractivity contribution in [2.75, 3.05) is 5.73 Å². The number of hydrogen-bond acceptors (Lipinski definition) is 6. The molecule has 1 aromatic carbocycles. The quantitative estimate of drug-likeness (QED) is 0.493. The van der Waals surface area contributed by atoms with Crippen molar-refractivity contribution < 1.29 is 9.66 Å². The highest BCUT2D eigenvalue weighted by atomic mass is 79.9. The van der Waals surface area contributed by atoms with E-state index in [0.717, 1.165) is 6.07 Å². The number of nitrogen functional groups attached to an aromatic ring is 1. The minimum absolute atomic E-state index is 0.0420. The van der Waals surface area contributed by atoms with Gasteiger partial charge in [-0.1, -0.05) is 23.2 Å². The van der Waals surface area contributed by atoms with Gasteiger partial charge in [0.2, 0.25) is 5.75 Å². The van der Waals surface area contributed by atoms with Crippen molar-refractivity contribution in [3.8, 4) is 11.8 Å². The van der Waals surface area contributed by atoms with E-state index in [4.69, 9.17) is 33.7 Å². The molecule has 1 heterocycles. The molecular formula is C10H5BrCl2N4O3. The highest BCUT2D eigenvalue weighted by molar-refractivity contribution is 9.10. The van der Waals surface area contributed by atoms with Crippen LogP contribution in [0.3, 0.4) is 0 Å². The van der Waals surface area contributed by atoms with Crippen molar-refractivity contribution in [1.29, 1.82) is 0 Å². The molecule has 20 heavy (non-hydrogen) atoms. The van der Waals surface area contributed by atoms with Gasteiger partial charge in [-0.3, -0.25) is 10.1 Å². The van der Waals surface area contributed by atoms with E-state index in [9.17, 15) is 10.1 Å². The number of ether oxygens (including phenoxy) is 1. The fraction of sp³-hybridized carbons (Fsp3) is 0. The molecule has 0 spiro atoms. The number of benzene rings is 1. The zero-order chi connectivity index (χ0) is 14.9. The average molecular weight is 380 g/mol. The standard InChI is InChI=1S/C10H5BrCl2N4O3/c11-8-3-9(14)16-10(15-8)20-7-2-5(13)4(12)1-6(7)17(18)19/h1-3H,(H2,14,15,16). The number of nitrogens with two attached hydrogens (primary N) is 1. The molecule has 2 N–H and O–H groups in total. The zero-order valence-electron chi connectivity index (χ0n) is 9.51. The summed E-state index contributed by atoms with van der Waals surface area (Å²) in [5.41, 5.74) is 5.16. The Kier molecular flexibility index (Phi) is 4.26. The Morgan fingerprint density at radius 3 is 2.50 bits per heavy atom. The lowest BCUT2D eigenvalue weighted by Crippen LogP contribution is -1.99. The molecular weight excluding hydrogens is 375 g/mol. The number of aromatic nitrogens is 2. The van der Waals surface area contributed by atoms with E-state index in [1.54, 1.807) is 0 Å². The molecule has 0 unspecified atom stereocenters. The average Bonchev–Trinajstić information content (AvgIpc) is 2.31. The molecule has 0 aliphatic carbocycles. The van der Waals surface area contributed by atoms with Crippen LogP contribution in [0.15, 0.2) is 22.8 Å². The predicted molar refractivity (Wildman–Crippen MR) is 77.3 cm³/mol. The zero-order valence-corrected chi connectivity index (χ0v) is 12.6. The third-order valence-electron chi connectivity index (χ3n) is 2.09. The lowest BCUT2D eigenvalue weighted by atomic mass is 10.3. The smallest absolute Gasteiger partial charge is 0.325 e. The largest absolute Gasteiger partial charge is 0.417 e. The van der Waals surface area contributed by atoms with E-state index >= 15 is 0 Å². The van der Waals surface area contributed by atoms with E-state index < -0.39 is 4.92 Å². The first kappa shape index (κ1) is 14.8. The fourth-order valence-corrected chi connectivity index (χ4v) is 2.00. The van der Waals surface area contributed by atoms with Gasteiger partial charge >= 0.3 is 11.7 Å². The summed E-state index contributed by atoms with van der Waals surface area (Å²) in [6, 6.07) is 3.59. The van der Waals surface area contributed by atoms with Crippen LogP contribution in [0, 0.1) is 10.1 Å². The van der Waals surface area contributed by atoms with Gasteiger partial charge < -0.3 is 10.5 Å². The van der Waals surface area contributed by atoms with Crippen molar-refractivity contribution in [2.45, 2.75) is 0 Å². The first-order valence-electron chi connectivity index (χ1n) is 4.98. The molecule has 0 aliphatic heterocycles. The van der Waals surface area contributed by atoms with Crippen molar-refractivity contribution >= 4 is 50.6 Å². The Balaban J connectivity index is 2.47. The molecule has 0 atom stereocenters. The van der Waals surface area contributed by atoms with Crippen molar-refractivity contribution in [2.24, 2.45) is 0 Å². The van der Waals surface area contributed by atoms with Gasteiger partial charge in [-0.05, 0) is 15.9 Å². The van der Waals surface area contributed by atoms with E-state index in [1.165, 1.54) is 12.1 Å². The predicted octanol–water partition coefficient (Wildman–Crippen LogP) is 3.83. The molecule has 0 bridgehead atoms. The van der Waals surface area contributed by atoms with Gasteiger partial charge in [-0.2, -0.15) is 9.97 Å². The van der Waals surface area contributed by atoms with Crippen LogP contribution in [0.2, 0.25) is 10.0 Å². The van der Waals surface area contributed by atoms with Crippen molar-refractivity contribution in [3.05, 3.63) is 43.0 Å². The van der Waals surface area contributed by atoms with Crippen LogP contribution in [0.5, 0.6) is 11.8 Å². The number of hydrogen-bond donors (Lipinski definition) is 1. The fourth-order valence-electron chi connectivity index (χ4n) is 1.30. The Bertz CT molecular complexity index is 678. The van der Waals surface area contributed by atoms with Crippen molar-refractivity contribution in [1.82, 2.24) is 9.97 Å². The van der Waals surface area contributed by atoms with E-state index in [-0.39, 0.29) is 33.3 Å². The number of anilines is 1. The SMILES string of the molecule is Nc1cc(Br)nc(Oc2cc(Cl)c(Cl)cc2[N+](=O)[O-])n1. The highest BCUT2D eigenvalue weighted by Crippen LogP contribution is 2.37. The van der Waals surface area contributed by atoms with Crippen LogP contribution in [0.4, 0.5) is 11.5 Å². The van der Waals surface area contributed by atoms with Gasteiger partial charge in [0.1, 0.15) is 10.4 Å². The van der Waals surface area contributed by atoms with Gasteiger partial charge in [0.15, 0.2) is 0 Å². The molecule has 0 radical (unpaired) electrons. The molecule has 104 valence electrons. The Morgan fingerprint density at radius 1 is 1.25 bits per heavy atom. The first-order chi connectivity index (χ1) is 9.36. The normalized spacial score (nSPS) is 10.3. The minimum atomic E-state index is -0.654. The molecule has 0 saturated heterocycles. The third-order valence-corrected chi connectivity index (χ3v) is 3.22. The summed E-state index contributed by atoms with van der Waals surface area (Å²) in [6.45, 7) is 0. The topological polar surface area (TPSA) is 104 Å². The Labute approximate surface area is 131 Å². The summed E-state index contributed by atoms with van der Waals surface area (Å²) >= 11 is 14.7. The summed E-state index contributed by atoms with van der Waals surface area (Å²) < 4.78 is 5.63. The van der Waals surface area contributed by atoms with E-state index in [0.29, 0.717) is 4.60 Å². The van der Waals surface area contributed by atoms with Crippen LogP contribution >= 0.6 is 39.1 Å². The lowest BCUT2D eigenvalue weighted by Gasteiger charge is -2.06. The number of rotatable bonds is 3. The van der Waals surface area contributed by atoms with Crippen LogP contribution in [-0.4, -0.2) is 14.9 Å². The maximum atomic E-state index is 11.0. The second kappa shape index (κ2) is 5.78. The second-order valence-corrected chi connectivity index (χ2v) is 5.12. The number of nitro benzene ring substituents is 1. The van der Waals surface area contributed by atoms with Gasteiger partial charge in [-0.25, -0.2) is 0 Å². The summed E-state index contributed by atoms with van der Waals surface area (Å²) in [6.07, 6.45) is 0. The molecule has 0 aliphatic rings. The van der Waals surface area contributed by atoms with Crippen molar-refractivity contribution in [3.63, 3.8) is 0 Å². The van der Waals surface area contributed by atoms with E-state index in [1.807, 2.05) is 0 Å². The first-order valence-corrected chi connectivity index (χ1v) is 6.53. The number of halogens is 3. The Hall–Kier alpha value is -1.64. The number of nitrogens with zero attached hydrogens (tertiary/aromatic N) is 3.